The first-order valence-electron chi connectivity index (χ1n) is 4.38. The van der Waals surface area contributed by atoms with Crippen molar-refractivity contribution in [2.75, 3.05) is 0 Å². The number of alkyl halides is 3. The topological polar surface area (TPSA) is 25.8 Å². The highest BCUT2D eigenvalue weighted by atomic mass is 79.9. The average molecular weight is 291 g/mol. The van der Waals surface area contributed by atoms with Crippen molar-refractivity contribution in [3.05, 3.63) is 34.2 Å². The molecule has 0 atom stereocenters. The summed E-state index contributed by atoms with van der Waals surface area (Å²) in [6, 6.07) is 2.35. The molecule has 0 saturated heterocycles. The molecule has 6 heteroatoms. The monoisotopic (exact) mass is 290 g/mol. The Morgan fingerprint density at radius 2 is 1.94 bits per heavy atom. The van der Waals surface area contributed by atoms with Crippen LogP contribution in [-0.2, 0) is 6.18 Å². The lowest BCUT2D eigenvalue weighted by molar-refractivity contribution is -0.140. The molecule has 2 rings (SSSR count). The SMILES string of the molecule is Cc1ncc(Br)c2nc(C(F)(F)F)ccc12. The second-order valence-electron chi connectivity index (χ2n) is 3.28. The van der Waals surface area contributed by atoms with Crippen LogP contribution in [0.1, 0.15) is 11.4 Å². The van der Waals surface area contributed by atoms with Crippen LogP contribution in [0.25, 0.3) is 10.9 Å². The minimum atomic E-state index is -4.43. The van der Waals surface area contributed by atoms with E-state index in [9.17, 15) is 13.2 Å². The molecule has 0 amide bonds. The van der Waals surface area contributed by atoms with Gasteiger partial charge >= 0.3 is 6.18 Å². The number of hydrogen-bond donors (Lipinski definition) is 0. The standard InChI is InChI=1S/C10H6BrF3N2/c1-5-6-2-3-8(10(12,13)14)16-9(6)7(11)4-15-5/h2-4H,1H3. The Bertz CT molecular complexity index is 551. The molecule has 0 unspecified atom stereocenters. The molecule has 2 heterocycles. The molecule has 2 aromatic rings. The molecule has 0 bridgehead atoms. The smallest absolute Gasteiger partial charge is 0.260 e. The highest BCUT2D eigenvalue weighted by Gasteiger charge is 2.32. The maximum absolute atomic E-state index is 12.5. The fourth-order valence-corrected chi connectivity index (χ4v) is 1.78. The van der Waals surface area contributed by atoms with Crippen LogP contribution < -0.4 is 0 Å². The van der Waals surface area contributed by atoms with E-state index in [-0.39, 0.29) is 5.52 Å². The Morgan fingerprint density at radius 3 is 2.56 bits per heavy atom. The predicted octanol–water partition coefficient (Wildman–Crippen LogP) is 3.72. The summed E-state index contributed by atoms with van der Waals surface area (Å²) in [6.07, 6.45) is -2.98. The molecule has 2 aromatic heterocycles. The first-order valence-corrected chi connectivity index (χ1v) is 5.18. The first kappa shape index (κ1) is 11.3. The number of hydrogen-bond acceptors (Lipinski definition) is 2. The van der Waals surface area contributed by atoms with Gasteiger partial charge in [-0.05, 0) is 35.0 Å². The second-order valence-corrected chi connectivity index (χ2v) is 4.14. The predicted molar refractivity (Wildman–Crippen MR) is 57.0 cm³/mol. The zero-order valence-electron chi connectivity index (χ0n) is 8.14. The third-order valence-corrected chi connectivity index (χ3v) is 2.75. The Morgan fingerprint density at radius 1 is 1.25 bits per heavy atom. The minimum Gasteiger partial charge on any atom is -0.260 e. The van der Waals surface area contributed by atoms with Crippen molar-refractivity contribution in [1.82, 2.24) is 9.97 Å². The van der Waals surface area contributed by atoms with E-state index in [2.05, 4.69) is 25.9 Å². The summed E-state index contributed by atoms with van der Waals surface area (Å²) in [7, 11) is 0. The summed E-state index contributed by atoms with van der Waals surface area (Å²) < 4.78 is 37.8. The Balaban J connectivity index is 2.76. The van der Waals surface area contributed by atoms with Crippen LogP contribution in [0.5, 0.6) is 0 Å². The zero-order valence-corrected chi connectivity index (χ0v) is 9.72. The number of halogens is 4. The van der Waals surface area contributed by atoms with Crippen LogP contribution in [0.3, 0.4) is 0 Å². The molecular formula is C10H6BrF3N2. The van der Waals surface area contributed by atoms with Crippen LogP contribution in [0.4, 0.5) is 13.2 Å². The third-order valence-electron chi connectivity index (χ3n) is 2.17. The summed E-state index contributed by atoms with van der Waals surface area (Å²) in [5, 5.41) is 0.613. The van der Waals surface area contributed by atoms with E-state index >= 15 is 0 Å². The van der Waals surface area contributed by atoms with Crippen LogP contribution >= 0.6 is 15.9 Å². The molecule has 0 aliphatic rings. The van der Waals surface area contributed by atoms with Gasteiger partial charge < -0.3 is 0 Å². The summed E-state index contributed by atoms with van der Waals surface area (Å²) >= 11 is 3.14. The lowest BCUT2D eigenvalue weighted by Gasteiger charge is -2.08. The molecule has 0 aliphatic heterocycles. The molecule has 2 nitrogen and oxygen atoms in total. The fraction of sp³-hybridized carbons (Fsp3) is 0.200. The van der Waals surface area contributed by atoms with E-state index in [1.54, 1.807) is 6.92 Å². The largest absolute Gasteiger partial charge is 0.433 e. The molecule has 0 N–H and O–H groups in total. The Hall–Kier alpha value is -1.17. The summed E-state index contributed by atoms with van der Waals surface area (Å²) in [4.78, 5) is 7.63. The number of aryl methyl sites for hydroxylation is 1. The number of aromatic nitrogens is 2. The van der Waals surface area contributed by atoms with Crippen molar-refractivity contribution in [2.45, 2.75) is 13.1 Å². The van der Waals surface area contributed by atoms with Crippen LogP contribution in [-0.4, -0.2) is 9.97 Å². The lowest BCUT2D eigenvalue weighted by atomic mass is 10.2. The van der Waals surface area contributed by atoms with Gasteiger partial charge in [-0.25, -0.2) is 4.98 Å². The van der Waals surface area contributed by atoms with Crippen molar-refractivity contribution < 1.29 is 13.2 Å². The Labute approximate surface area is 97.6 Å². The van der Waals surface area contributed by atoms with Crippen molar-refractivity contribution >= 4 is 26.8 Å². The van der Waals surface area contributed by atoms with Gasteiger partial charge in [-0.15, -0.1) is 0 Å². The second kappa shape index (κ2) is 3.69. The molecule has 0 aromatic carbocycles. The molecule has 84 valence electrons. The molecule has 16 heavy (non-hydrogen) atoms. The molecule has 0 saturated carbocycles. The van der Waals surface area contributed by atoms with Crippen molar-refractivity contribution in [3.63, 3.8) is 0 Å². The zero-order chi connectivity index (χ0) is 11.9. The Kier molecular flexibility index (Phi) is 2.61. The van der Waals surface area contributed by atoms with Crippen molar-refractivity contribution in [1.29, 1.82) is 0 Å². The van der Waals surface area contributed by atoms with Gasteiger partial charge in [0.25, 0.3) is 0 Å². The highest BCUT2D eigenvalue weighted by molar-refractivity contribution is 9.10. The molecular weight excluding hydrogens is 285 g/mol. The van der Waals surface area contributed by atoms with Gasteiger partial charge in [0.15, 0.2) is 0 Å². The molecule has 0 spiro atoms. The summed E-state index contributed by atoms with van der Waals surface area (Å²) in [6.45, 7) is 1.73. The molecule has 0 aliphatic carbocycles. The number of rotatable bonds is 0. The van der Waals surface area contributed by atoms with Gasteiger partial charge in [0.2, 0.25) is 0 Å². The summed E-state index contributed by atoms with van der Waals surface area (Å²) in [5.41, 5.74) is 0.0352. The minimum absolute atomic E-state index is 0.280. The maximum Gasteiger partial charge on any atom is 0.433 e. The van der Waals surface area contributed by atoms with Crippen molar-refractivity contribution in [2.24, 2.45) is 0 Å². The van der Waals surface area contributed by atoms with Crippen LogP contribution in [0.15, 0.2) is 22.8 Å². The van der Waals surface area contributed by atoms with E-state index in [1.165, 1.54) is 12.3 Å². The van der Waals surface area contributed by atoms with E-state index in [4.69, 9.17) is 0 Å². The van der Waals surface area contributed by atoms with Gasteiger partial charge in [-0.3, -0.25) is 4.98 Å². The van der Waals surface area contributed by atoms with Gasteiger partial charge in [-0.1, -0.05) is 0 Å². The maximum atomic E-state index is 12.5. The van der Waals surface area contributed by atoms with Crippen LogP contribution in [0, 0.1) is 6.92 Å². The number of pyridine rings is 2. The van der Waals surface area contributed by atoms with Crippen molar-refractivity contribution in [3.8, 4) is 0 Å². The van der Waals surface area contributed by atoms with Crippen LogP contribution in [0.2, 0.25) is 0 Å². The third kappa shape index (κ3) is 1.89. The van der Waals surface area contributed by atoms with Gasteiger partial charge in [0.05, 0.1) is 9.99 Å². The summed E-state index contributed by atoms with van der Waals surface area (Å²) in [5.74, 6) is 0. The van der Waals surface area contributed by atoms with E-state index in [1.807, 2.05) is 0 Å². The van der Waals surface area contributed by atoms with Gasteiger partial charge in [0.1, 0.15) is 5.69 Å². The van der Waals surface area contributed by atoms with E-state index < -0.39 is 11.9 Å². The molecule has 0 radical (unpaired) electrons. The lowest BCUT2D eigenvalue weighted by Crippen LogP contribution is -2.08. The first-order chi connectivity index (χ1) is 7.39. The average Bonchev–Trinajstić information content (AvgIpc) is 2.22. The highest BCUT2D eigenvalue weighted by Crippen LogP contribution is 2.31. The normalized spacial score (nSPS) is 12.1. The number of nitrogens with zero attached hydrogens (tertiary/aromatic N) is 2. The quantitative estimate of drug-likeness (QED) is 0.739. The van der Waals surface area contributed by atoms with Gasteiger partial charge in [-0.2, -0.15) is 13.2 Å². The number of fused-ring (bicyclic) bond motifs is 1. The van der Waals surface area contributed by atoms with E-state index in [0.29, 0.717) is 15.6 Å². The fourth-order valence-electron chi connectivity index (χ4n) is 1.38. The van der Waals surface area contributed by atoms with Gasteiger partial charge in [0, 0.05) is 17.3 Å². The molecule has 0 fully saturated rings. The van der Waals surface area contributed by atoms with E-state index in [0.717, 1.165) is 6.07 Å².